The average Bonchev–Trinajstić information content (AvgIpc) is 2.39. The predicted octanol–water partition coefficient (Wildman–Crippen LogP) is 4.90. The topological polar surface area (TPSA) is 3.24 Å². The Hall–Kier alpha value is -0.820. The van der Waals surface area contributed by atoms with Gasteiger partial charge in [0.05, 0.1) is 0 Å². The summed E-state index contributed by atoms with van der Waals surface area (Å²) in [4.78, 5) is 2.61. The second-order valence-electron chi connectivity index (χ2n) is 6.46. The Morgan fingerprint density at radius 1 is 1.05 bits per heavy atom. The fourth-order valence-corrected chi connectivity index (χ4v) is 2.58. The normalized spacial score (nSPS) is 15.4. The first-order chi connectivity index (χ1) is 9.04. The first-order valence-electron chi connectivity index (χ1n) is 7.84. The molecule has 0 radical (unpaired) electrons. The molecule has 1 nitrogen and oxygen atoms in total. The summed E-state index contributed by atoms with van der Waals surface area (Å²) in [5.41, 5.74) is 3.57. The van der Waals surface area contributed by atoms with Gasteiger partial charge in [-0.1, -0.05) is 58.9 Å². The lowest BCUT2D eigenvalue weighted by Gasteiger charge is -2.29. The summed E-state index contributed by atoms with van der Waals surface area (Å²) < 4.78 is 0. The van der Waals surface area contributed by atoms with E-state index in [9.17, 15) is 0 Å². The van der Waals surface area contributed by atoms with E-state index in [1.165, 1.54) is 37.9 Å². The van der Waals surface area contributed by atoms with E-state index in [1.54, 1.807) is 5.56 Å². The molecule has 19 heavy (non-hydrogen) atoms. The monoisotopic (exact) mass is 261 g/mol. The molecule has 0 saturated heterocycles. The average molecular weight is 261 g/mol. The summed E-state index contributed by atoms with van der Waals surface area (Å²) in [5, 5.41) is 0. The molecule has 0 atom stereocenters. The van der Waals surface area contributed by atoms with Gasteiger partial charge >= 0.3 is 0 Å². The summed E-state index contributed by atoms with van der Waals surface area (Å²) in [7, 11) is 0. The Labute approximate surface area is 120 Å². The van der Waals surface area contributed by atoms with Crippen LogP contribution in [-0.4, -0.2) is 18.0 Å². The molecule has 0 aromatic heterocycles. The molecule has 108 valence electrons. The van der Waals surface area contributed by atoms with Crippen molar-refractivity contribution in [3.63, 3.8) is 0 Å². The van der Waals surface area contributed by atoms with E-state index in [-0.39, 0.29) is 0 Å². The summed E-state index contributed by atoms with van der Waals surface area (Å²) in [5.74, 6) is 0. The first kappa shape index (κ1) is 16.2. The Morgan fingerprint density at radius 2 is 1.68 bits per heavy atom. The molecule has 1 aliphatic heterocycles. The highest BCUT2D eigenvalue weighted by molar-refractivity contribution is 5.28. The number of hydrogen-bond acceptors (Lipinski definition) is 1. The SMILES string of the molecule is CC.CC(C)(C)CCCN1CCc2ccccc2C1. The van der Waals surface area contributed by atoms with Crippen molar-refractivity contribution >= 4 is 0 Å². The maximum atomic E-state index is 2.61. The predicted molar refractivity (Wildman–Crippen MR) is 85.5 cm³/mol. The third-order valence-electron chi connectivity index (χ3n) is 3.61. The van der Waals surface area contributed by atoms with E-state index in [2.05, 4.69) is 49.9 Å². The lowest BCUT2D eigenvalue weighted by Crippen LogP contribution is -2.31. The van der Waals surface area contributed by atoms with E-state index >= 15 is 0 Å². The smallest absolute Gasteiger partial charge is 0.0236 e. The van der Waals surface area contributed by atoms with Gasteiger partial charge in [-0.15, -0.1) is 0 Å². The van der Waals surface area contributed by atoms with E-state index in [0.29, 0.717) is 5.41 Å². The zero-order valence-electron chi connectivity index (χ0n) is 13.5. The minimum absolute atomic E-state index is 0.480. The molecule has 0 fully saturated rings. The number of benzene rings is 1. The Kier molecular flexibility index (Phi) is 6.57. The fraction of sp³-hybridized carbons (Fsp3) is 0.667. The number of rotatable bonds is 3. The van der Waals surface area contributed by atoms with Crippen LogP contribution in [0.1, 0.15) is 58.6 Å². The molecule has 0 amide bonds. The third kappa shape index (κ3) is 5.78. The number of nitrogens with zero attached hydrogens (tertiary/aromatic N) is 1. The molecule has 1 aromatic carbocycles. The van der Waals surface area contributed by atoms with Gasteiger partial charge in [0.25, 0.3) is 0 Å². The van der Waals surface area contributed by atoms with Crippen molar-refractivity contribution in [3.05, 3.63) is 35.4 Å². The lowest BCUT2D eigenvalue weighted by atomic mass is 9.90. The van der Waals surface area contributed by atoms with Crippen LogP contribution in [0.5, 0.6) is 0 Å². The highest BCUT2D eigenvalue weighted by atomic mass is 15.1. The van der Waals surface area contributed by atoms with E-state index < -0.39 is 0 Å². The standard InChI is InChI=1S/C16H25N.C2H6/c1-16(2,3)10-6-11-17-12-9-14-7-4-5-8-15(14)13-17;1-2/h4-5,7-8H,6,9-13H2,1-3H3;1-2H3. The third-order valence-corrected chi connectivity index (χ3v) is 3.61. The molecule has 1 aliphatic rings. The van der Waals surface area contributed by atoms with Gasteiger partial charge < -0.3 is 0 Å². The zero-order chi connectivity index (χ0) is 14.3. The van der Waals surface area contributed by atoms with Crippen molar-refractivity contribution in [3.8, 4) is 0 Å². The van der Waals surface area contributed by atoms with Crippen LogP contribution in [0.15, 0.2) is 24.3 Å². The molecular weight excluding hydrogens is 230 g/mol. The van der Waals surface area contributed by atoms with Crippen molar-refractivity contribution in [2.45, 2.75) is 60.4 Å². The van der Waals surface area contributed by atoms with Crippen molar-refractivity contribution in [1.29, 1.82) is 0 Å². The van der Waals surface area contributed by atoms with Crippen LogP contribution < -0.4 is 0 Å². The van der Waals surface area contributed by atoms with Crippen LogP contribution >= 0.6 is 0 Å². The maximum Gasteiger partial charge on any atom is 0.0236 e. The van der Waals surface area contributed by atoms with Gasteiger partial charge in [0.15, 0.2) is 0 Å². The number of fused-ring (bicyclic) bond motifs is 1. The lowest BCUT2D eigenvalue weighted by molar-refractivity contribution is 0.232. The van der Waals surface area contributed by atoms with Crippen molar-refractivity contribution < 1.29 is 0 Å². The quantitative estimate of drug-likeness (QED) is 0.748. The highest BCUT2D eigenvalue weighted by Gasteiger charge is 2.16. The zero-order valence-corrected chi connectivity index (χ0v) is 13.5. The van der Waals surface area contributed by atoms with Gasteiger partial charge in [-0.2, -0.15) is 0 Å². The molecule has 1 heterocycles. The molecule has 2 rings (SSSR count). The van der Waals surface area contributed by atoms with E-state index in [0.717, 1.165) is 6.54 Å². The molecule has 0 bridgehead atoms. The van der Waals surface area contributed by atoms with Gasteiger partial charge in [0.2, 0.25) is 0 Å². The van der Waals surface area contributed by atoms with Gasteiger partial charge in [0.1, 0.15) is 0 Å². The summed E-state index contributed by atoms with van der Waals surface area (Å²) in [6.07, 6.45) is 3.88. The van der Waals surface area contributed by atoms with Crippen molar-refractivity contribution in [2.75, 3.05) is 13.1 Å². The molecule has 0 N–H and O–H groups in total. The molecule has 0 saturated carbocycles. The summed E-state index contributed by atoms with van der Waals surface area (Å²) >= 11 is 0. The van der Waals surface area contributed by atoms with Crippen molar-refractivity contribution in [2.24, 2.45) is 5.41 Å². The second-order valence-corrected chi connectivity index (χ2v) is 6.46. The Balaban J connectivity index is 0.000000861. The summed E-state index contributed by atoms with van der Waals surface area (Å²) in [6, 6.07) is 8.89. The summed E-state index contributed by atoms with van der Waals surface area (Å²) in [6.45, 7) is 14.6. The minimum atomic E-state index is 0.480. The molecule has 0 aliphatic carbocycles. The van der Waals surface area contributed by atoms with Crippen molar-refractivity contribution in [1.82, 2.24) is 4.90 Å². The van der Waals surface area contributed by atoms with E-state index in [1.807, 2.05) is 13.8 Å². The first-order valence-corrected chi connectivity index (χ1v) is 7.84. The molecule has 0 unspecified atom stereocenters. The van der Waals surface area contributed by atoms with E-state index in [4.69, 9.17) is 0 Å². The van der Waals surface area contributed by atoms with Crippen LogP contribution in [0.4, 0.5) is 0 Å². The van der Waals surface area contributed by atoms with Gasteiger partial charge in [-0.3, -0.25) is 4.90 Å². The largest absolute Gasteiger partial charge is 0.299 e. The highest BCUT2D eigenvalue weighted by Crippen LogP contribution is 2.22. The fourth-order valence-electron chi connectivity index (χ4n) is 2.58. The molecule has 0 spiro atoms. The minimum Gasteiger partial charge on any atom is -0.299 e. The van der Waals surface area contributed by atoms with Crippen LogP contribution in [0.25, 0.3) is 0 Å². The Morgan fingerprint density at radius 3 is 2.32 bits per heavy atom. The van der Waals surface area contributed by atoms with Gasteiger partial charge in [-0.05, 0) is 42.3 Å². The second kappa shape index (κ2) is 7.69. The molecule has 1 aromatic rings. The molecule has 1 heteroatoms. The van der Waals surface area contributed by atoms with Crippen LogP contribution in [0, 0.1) is 5.41 Å². The van der Waals surface area contributed by atoms with Gasteiger partial charge in [0, 0.05) is 13.1 Å². The number of hydrogen-bond donors (Lipinski definition) is 0. The van der Waals surface area contributed by atoms with Crippen LogP contribution in [-0.2, 0) is 13.0 Å². The molecular formula is C18H31N. The maximum absolute atomic E-state index is 2.61. The Bertz CT molecular complexity index is 362. The van der Waals surface area contributed by atoms with Crippen LogP contribution in [0.3, 0.4) is 0 Å². The van der Waals surface area contributed by atoms with Crippen LogP contribution in [0.2, 0.25) is 0 Å². The van der Waals surface area contributed by atoms with Gasteiger partial charge in [-0.25, -0.2) is 0 Å².